The fourth-order valence-electron chi connectivity index (χ4n) is 5.70. The maximum absolute atomic E-state index is 12.8. The molecule has 0 amide bonds. The predicted molar refractivity (Wildman–Crippen MR) is 123 cm³/mol. The normalized spacial score (nSPS) is 27.6. The second-order valence-corrected chi connectivity index (χ2v) is 9.96. The van der Waals surface area contributed by atoms with Gasteiger partial charge in [0.15, 0.2) is 0 Å². The van der Waals surface area contributed by atoms with E-state index in [9.17, 15) is 9.90 Å². The molecule has 4 nitrogen and oxygen atoms in total. The molecule has 174 valence electrons. The Labute approximate surface area is 203 Å². The number of benzene rings is 2. The molecule has 1 N–H and O–H groups in total. The quantitative estimate of drug-likeness (QED) is 0.464. The fraction of sp³-hybridized carbons (Fsp3) is 0.519. The van der Waals surface area contributed by atoms with Gasteiger partial charge in [-0.25, -0.2) is 0 Å². The molecule has 2 bridgehead atoms. The number of nitrogens with zero attached hydrogens (tertiary/aromatic N) is 1. The lowest BCUT2D eigenvalue weighted by atomic mass is 9.94. The second kappa shape index (κ2) is 10.5. The molecule has 2 aromatic rings. The minimum absolute atomic E-state index is 0. The Morgan fingerprint density at radius 3 is 2.12 bits per heavy atom. The lowest BCUT2D eigenvalue weighted by molar-refractivity contribution is -0.961. The number of carbonyl (C=O) groups excluding carboxylic acids is 1. The lowest BCUT2D eigenvalue weighted by Gasteiger charge is -2.47. The second-order valence-electron chi connectivity index (χ2n) is 9.96. The highest BCUT2D eigenvalue weighted by Crippen LogP contribution is 2.43. The van der Waals surface area contributed by atoms with Gasteiger partial charge in [-0.1, -0.05) is 68.4 Å². The number of halogens is 1. The summed E-state index contributed by atoms with van der Waals surface area (Å²) in [5.41, 5.74) is 3.60. The third-order valence-electron chi connectivity index (χ3n) is 7.69. The van der Waals surface area contributed by atoms with Gasteiger partial charge in [-0.15, -0.1) is 0 Å². The van der Waals surface area contributed by atoms with E-state index in [1.54, 1.807) is 0 Å². The van der Waals surface area contributed by atoms with E-state index in [4.69, 9.17) is 4.74 Å². The molecule has 0 radical (unpaired) electrons. The van der Waals surface area contributed by atoms with Crippen molar-refractivity contribution < 1.29 is 36.1 Å². The largest absolute Gasteiger partial charge is 1.00 e. The summed E-state index contributed by atoms with van der Waals surface area (Å²) >= 11 is 0. The fourth-order valence-corrected chi connectivity index (χ4v) is 5.70. The summed E-state index contributed by atoms with van der Waals surface area (Å²) in [7, 11) is 2.39. The third-order valence-corrected chi connectivity index (χ3v) is 7.69. The third kappa shape index (κ3) is 5.11. The number of quaternary nitrogens is 1. The van der Waals surface area contributed by atoms with Gasteiger partial charge >= 0.3 is 5.97 Å². The summed E-state index contributed by atoms with van der Waals surface area (Å²) in [6.07, 6.45) is 4.17. The molecule has 2 aliphatic rings. The maximum atomic E-state index is 12.8. The molecule has 4 rings (SSSR count). The number of rotatable bonds is 7. The first-order chi connectivity index (χ1) is 14.9. The summed E-state index contributed by atoms with van der Waals surface area (Å²) in [5.74, 6) is -0.335. The molecular weight excluding hydrogens is 466 g/mol. The molecule has 0 aromatic heterocycles. The highest BCUT2D eigenvalue weighted by atomic mass is 79.9. The van der Waals surface area contributed by atoms with E-state index in [2.05, 4.69) is 45.2 Å². The minimum atomic E-state index is -0.596. The van der Waals surface area contributed by atoms with Gasteiger partial charge in [0.25, 0.3) is 0 Å². The highest BCUT2D eigenvalue weighted by Gasteiger charge is 2.52. The number of aliphatic hydroxyl groups excluding tert-OH is 1. The number of piperidine rings is 1. The Morgan fingerprint density at radius 1 is 1.00 bits per heavy atom. The SMILES string of the molecule is CC(C)c1ccc(C[N+]2(C)[C@@H]3CC[C@H]2CC(OC(=O)C(CO)c2ccccc2)C3)cc1.[Br-]. The Kier molecular flexibility index (Phi) is 8.18. The molecule has 2 aromatic carbocycles. The zero-order valence-electron chi connectivity index (χ0n) is 19.4. The number of hydrogen-bond donors (Lipinski definition) is 1. The van der Waals surface area contributed by atoms with Crippen molar-refractivity contribution in [3.8, 4) is 0 Å². The van der Waals surface area contributed by atoms with Crippen LogP contribution in [-0.2, 0) is 16.1 Å². The highest BCUT2D eigenvalue weighted by molar-refractivity contribution is 5.78. The molecule has 2 saturated heterocycles. The molecule has 3 unspecified atom stereocenters. The first-order valence-corrected chi connectivity index (χ1v) is 11.7. The van der Waals surface area contributed by atoms with Crippen LogP contribution in [0.25, 0.3) is 0 Å². The molecule has 0 aliphatic carbocycles. The van der Waals surface area contributed by atoms with Gasteiger partial charge in [-0.05, 0) is 17.0 Å². The number of esters is 1. The van der Waals surface area contributed by atoms with Crippen molar-refractivity contribution in [1.29, 1.82) is 0 Å². The monoisotopic (exact) mass is 501 g/mol. The van der Waals surface area contributed by atoms with E-state index in [0.717, 1.165) is 29.4 Å². The summed E-state index contributed by atoms with van der Waals surface area (Å²) in [4.78, 5) is 12.8. The molecule has 32 heavy (non-hydrogen) atoms. The topological polar surface area (TPSA) is 46.5 Å². The van der Waals surface area contributed by atoms with Crippen LogP contribution in [0, 0.1) is 0 Å². The Morgan fingerprint density at radius 2 is 1.59 bits per heavy atom. The predicted octanol–water partition coefficient (Wildman–Crippen LogP) is 1.77. The van der Waals surface area contributed by atoms with E-state index >= 15 is 0 Å². The van der Waals surface area contributed by atoms with E-state index in [-0.39, 0.29) is 35.7 Å². The van der Waals surface area contributed by atoms with Crippen LogP contribution in [-0.4, -0.2) is 47.4 Å². The van der Waals surface area contributed by atoms with Crippen molar-refractivity contribution in [2.75, 3.05) is 13.7 Å². The zero-order valence-corrected chi connectivity index (χ0v) is 21.0. The van der Waals surface area contributed by atoms with Crippen LogP contribution in [0.15, 0.2) is 54.6 Å². The Hall–Kier alpha value is -1.69. The van der Waals surface area contributed by atoms with Crippen molar-refractivity contribution >= 4 is 5.97 Å². The van der Waals surface area contributed by atoms with Crippen LogP contribution in [0.3, 0.4) is 0 Å². The van der Waals surface area contributed by atoms with Gasteiger partial charge in [0.2, 0.25) is 0 Å². The van der Waals surface area contributed by atoms with Crippen molar-refractivity contribution in [3.63, 3.8) is 0 Å². The van der Waals surface area contributed by atoms with Crippen molar-refractivity contribution in [1.82, 2.24) is 0 Å². The van der Waals surface area contributed by atoms with Crippen molar-refractivity contribution in [2.45, 2.75) is 76.1 Å². The molecule has 2 heterocycles. The average molecular weight is 502 g/mol. The summed E-state index contributed by atoms with van der Waals surface area (Å²) in [6, 6.07) is 19.6. The summed E-state index contributed by atoms with van der Waals surface area (Å²) in [6.45, 7) is 5.28. The molecule has 0 spiro atoms. The molecular formula is C27H36BrNO3. The maximum Gasteiger partial charge on any atom is 0.316 e. The van der Waals surface area contributed by atoms with Crippen LogP contribution in [0.5, 0.6) is 0 Å². The zero-order chi connectivity index (χ0) is 22.0. The number of carbonyl (C=O) groups is 1. The van der Waals surface area contributed by atoms with Crippen LogP contribution < -0.4 is 17.0 Å². The Bertz CT molecular complexity index is 870. The van der Waals surface area contributed by atoms with Crippen LogP contribution in [0.1, 0.15) is 68.1 Å². The minimum Gasteiger partial charge on any atom is -1.00 e. The van der Waals surface area contributed by atoms with Gasteiger partial charge in [0.1, 0.15) is 18.6 Å². The molecule has 0 saturated carbocycles. The van der Waals surface area contributed by atoms with E-state index in [1.165, 1.54) is 24.0 Å². The van der Waals surface area contributed by atoms with Gasteiger partial charge in [-0.3, -0.25) is 4.79 Å². The van der Waals surface area contributed by atoms with Gasteiger partial charge < -0.3 is 31.3 Å². The first-order valence-electron chi connectivity index (χ1n) is 11.7. The summed E-state index contributed by atoms with van der Waals surface area (Å²) in [5, 5.41) is 9.79. The summed E-state index contributed by atoms with van der Waals surface area (Å²) < 4.78 is 7.01. The van der Waals surface area contributed by atoms with Crippen molar-refractivity contribution in [2.24, 2.45) is 0 Å². The number of hydrogen-bond acceptors (Lipinski definition) is 3. The van der Waals surface area contributed by atoms with Crippen LogP contribution >= 0.6 is 0 Å². The van der Waals surface area contributed by atoms with Gasteiger partial charge in [0.05, 0.1) is 25.7 Å². The molecule has 5 heteroatoms. The van der Waals surface area contributed by atoms with Crippen LogP contribution in [0.4, 0.5) is 0 Å². The Balaban J connectivity index is 0.00000289. The van der Waals surface area contributed by atoms with Crippen molar-refractivity contribution in [3.05, 3.63) is 71.3 Å². The number of fused-ring (bicyclic) bond motifs is 2. The van der Waals surface area contributed by atoms with Gasteiger partial charge in [-0.2, -0.15) is 0 Å². The lowest BCUT2D eigenvalue weighted by Crippen LogP contribution is -3.00. The van der Waals surface area contributed by atoms with Gasteiger partial charge in [0, 0.05) is 31.2 Å². The average Bonchev–Trinajstić information content (AvgIpc) is 2.92. The molecule has 5 atom stereocenters. The first kappa shape index (κ1) is 24.9. The smallest absolute Gasteiger partial charge is 0.316 e. The number of ether oxygens (including phenoxy) is 1. The standard InChI is InChI=1S/C27H36NO3.BrH/c1-19(2)21-11-9-20(10-12-21)17-28(3)23-13-14-24(28)16-25(15-23)31-27(30)26(18-29)22-7-5-4-6-8-22;/h4-12,19,23-26,29H,13-18H2,1-3H3;1H/q+1;/p-1/t23-,24+,25?,26?,28?;. The molecule has 2 aliphatic heterocycles. The van der Waals surface area contributed by atoms with E-state index < -0.39 is 5.92 Å². The molecule has 2 fully saturated rings. The van der Waals surface area contributed by atoms with Crippen LogP contribution in [0.2, 0.25) is 0 Å². The number of aliphatic hydroxyl groups is 1. The van der Waals surface area contributed by atoms with E-state index in [1.807, 2.05) is 30.3 Å². The van der Waals surface area contributed by atoms with E-state index in [0.29, 0.717) is 18.0 Å².